The molecule has 0 aliphatic heterocycles. The van der Waals surface area contributed by atoms with Gasteiger partial charge in [-0.1, -0.05) is 38.1 Å². The molecule has 7 heteroatoms. The second kappa shape index (κ2) is 16.1. The molecule has 0 saturated carbocycles. The van der Waals surface area contributed by atoms with Gasteiger partial charge in [0.15, 0.2) is 11.5 Å². The molecule has 2 aromatic carbocycles. The highest BCUT2D eigenvalue weighted by molar-refractivity contribution is 6.05. The van der Waals surface area contributed by atoms with Crippen molar-refractivity contribution in [1.29, 1.82) is 0 Å². The number of hydrogen-bond donors (Lipinski definition) is 2. The van der Waals surface area contributed by atoms with Gasteiger partial charge in [0.2, 0.25) is 0 Å². The Morgan fingerprint density at radius 2 is 1.60 bits per heavy atom. The minimum absolute atomic E-state index is 0.132. The topological polar surface area (TPSA) is 76.9 Å². The first kappa shape index (κ1) is 29.5. The predicted molar refractivity (Wildman–Crippen MR) is 144 cm³/mol. The number of pyridine rings is 1. The molecule has 0 saturated heterocycles. The summed E-state index contributed by atoms with van der Waals surface area (Å²) in [5.74, 6) is 0.864. The summed E-state index contributed by atoms with van der Waals surface area (Å²) in [5.41, 5.74) is 3.05. The van der Waals surface area contributed by atoms with Gasteiger partial charge in [-0.15, -0.1) is 0 Å². The minimum atomic E-state index is -0.223. The van der Waals surface area contributed by atoms with Gasteiger partial charge in [0.1, 0.15) is 5.49 Å². The van der Waals surface area contributed by atoms with E-state index in [1.165, 1.54) is 0 Å². The number of aromatic nitrogens is 1. The molecule has 190 valence electrons. The minimum Gasteiger partial charge on any atom is -0.493 e. The van der Waals surface area contributed by atoms with E-state index in [2.05, 4.69) is 22.1 Å². The molecule has 35 heavy (non-hydrogen) atoms. The molecule has 1 atom stereocenters. The summed E-state index contributed by atoms with van der Waals surface area (Å²) < 4.78 is 12.6. The maximum Gasteiger partial charge on any atom is 0.255 e. The number of nitrogens with one attached hydrogen (secondary N) is 2. The molecule has 0 radical (unpaired) electrons. The number of methoxy groups -OCH3 is 2. The van der Waals surface area contributed by atoms with Crippen LogP contribution >= 0.6 is 0 Å². The molecule has 3 aromatic rings. The van der Waals surface area contributed by atoms with Crippen LogP contribution in [0.5, 0.6) is 11.5 Å². The Morgan fingerprint density at radius 1 is 0.971 bits per heavy atom. The van der Waals surface area contributed by atoms with Crippen molar-refractivity contribution in [3.8, 4) is 11.5 Å². The number of para-hydroxylation sites is 1. The number of carbonyl (C=O) groups is 1. The molecule has 1 aromatic heterocycles. The number of hydrogen-bond acceptors (Lipinski definition) is 5. The summed E-state index contributed by atoms with van der Waals surface area (Å²) >= 11 is 0. The van der Waals surface area contributed by atoms with E-state index in [1.54, 1.807) is 32.4 Å². The van der Waals surface area contributed by atoms with Crippen LogP contribution in [-0.4, -0.2) is 38.8 Å². The second-order valence-corrected chi connectivity index (χ2v) is 7.26. The van der Waals surface area contributed by atoms with Crippen molar-refractivity contribution in [2.45, 2.75) is 40.3 Å². The van der Waals surface area contributed by atoms with Crippen LogP contribution in [0.4, 0.5) is 5.69 Å². The zero-order chi connectivity index (χ0) is 26.2. The summed E-state index contributed by atoms with van der Waals surface area (Å²) in [6, 6.07) is 18.6. The number of ether oxygens (including phenoxy) is 2. The van der Waals surface area contributed by atoms with Crippen LogP contribution in [0.1, 0.15) is 49.7 Å². The van der Waals surface area contributed by atoms with E-state index >= 15 is 0 Å². The molecule has 0 bridgehead atoms. The smallest absolute Gasteiger partial charge is 0.255 e. The van der Waals surface area contributed by atoms with Crippen molar-refractivity contribution in [2.24, 2.45) is 4.99 Å². The average Bonchev–Trinajstić information content (AvgIpc) is 2.90. The molecule has 0 aliphatic carbocycles. The summed E-state index contributed by atoms with van der Waals surface area (Å²) in [7, 11) is 6.86. The first-order chi connectivity index (χ1) is 17.0. The monoisotopic (exact) mass is 480 g/mol. The zero-order valence-electron chi connectivity index (χ0n) is 22.3. The maximum atomic E-state index is 12.9. The number of benzene rings is 2. The van der Waals surface area contributed by atoms with Crippen LogP contribution in [0.15, 0.2) is 71.9 Å². The quantitative estimate of drug-likeness (QED) is 0.481. The second-order valence-electron chi connectivity index (χ2n) is 7.26. The van der Waals surface area contributed by atoms with Gasteiger partial charge in [0.05, 0.1) is 20.3 Å². The molecular formula is C28H40N4O3. The van der Waals surface area contributed by atoms with Crippen molar-refractivity contribution in [2.75, 3.05) is 33.6 Å². The van der Waals surface area contributed by atoms with Crippen molar-refractivity contribution in [1.82, 2.24) is 9.88 Å². The van der Waals surface area contributed by atoms with Crippen LogP contribution in [0.2, 0.25) is 0 Å². The van der Waals surface area contributed by atoms with Gasteiger partial charge >= 0.3 is 0 Å². The number of aryl methyl sites for hydroxylation is 1. The predicted octanol–water partition coefficient (Wildman–Crippen LogP) is 5.30. The van der Waals surface area contributed by atoms with Gasteiger partial charge in [-0.25, -0.2) is 0 Å². The first-order valence-corrected chi connectivity index (χ1v) is 11.9. The lowest BCUT2D eigenvalue weighted by molar-refractivity contribution is 0.102. The number of anilines is 1. The van der Waals surface area contributed by atoms with Crippen molar-refractivity contribution >= 4 is 11.6 Å². The molecule has 1 amide bonds. The molecule has 2 N–H and O–H groups in total. The standard InChI is InChI=1S/C24H27N3O3.C2H7N.C2H6/c1-5-27-15-9-8-12-23(27)25-17(2)19-10-6-7-11-20(19)26-24(28)18-13-14-21(29-3)22(16-18)30-4;1-3-2;1-2/h6-17H,5H2,1-4H3,(H,26,28);3H,1-2H3;1-2H3. The Morgan fingerprint density at radius 3 is 2.23 bits per heavy atom. The normalized spacial score (nSPS) is 11.3. The van der Waals surface area contributed by atoms with Gasteiger partial charge in [-0.3, -0.25) is 9.79 Å². The van der Waals surface area contributed by atoms with Crippen LogP contribution in [0.3, 0.4) is 0 Å². The third-order valence-corrected chi connectivity index (χ3v) is 4.89. The van der Waals surface area contributed by atoms with Crippen molar-refractivity contribution in [3.63, 3.8) is 0 Å². The van der Waals surface area contributed by atoms with E-state index in [0.29, 0.717) is 17.1 Å². The SMILES string of the molecule is CC.CCn1ccccc1=NC(C)c1ccccc1NC(=O)c1ccc(OC)c(OC)c1.CNC. The van der Waals surface area contributed by atoms with E-state index in [4.69, 9.17) is 14.5 Å². The van der Waals surface area contributed by atoms with Gasteiger partial charge in [0, 0.05) is 24.0 Å². The summed E-state index contributed by atoms with van der Waals surface area (Å²) in [4.78, 5) is 17.7. The molecule has 0 fully saturated rings. The largest absolute Gasteiger partial charge is 0.493 e. The van der Waals surface area contributed by atoms with E-state index < -0.39 is 0 Å². The molecule has 0 aliphatic rings. The molecule has 1 unspecified atom stereocenters. The zero-order valence-corrected chi connectivity index (χ0v) is 22.3. The lowest BCUT2D eigenvalue weighted by atomic mass is 10.1. The van der Waals surface area contributed by atoms with Gasteiger partial charge < -0.3 is 24.7 Å². The van der Waals surface area contributed by atoms with Crippen LogP contribution < -0.4 is 25.6 Å². The number of rotatable bonds is 7. The van der Waals surface area contributed by atoms with Crippen LogP contribution in [-0.2, 0) is 6.54 Å². The Labute approximate surface area is 209 Å². The van der Waals surface area contributed by atoms with Gasteiger partial charge in [0.25, 0.3) is 5.91 Å². The van der Waals surface area contributed by atoms with Crippen LogP contribution in [0.25, 0.3) is 0 Å². The Kier molecular flexibility index (Phi) is 13.6. The molecule has 0 spiro atoms. The fraction of sp³-hybridized carbons (Fsp3) is 0.357. The van der Waals surface area contributed by atoms with Crippen molar-refractivity contribution < 1.29 is 14.3 Å². The molecule has 7 nitrogen and oxygen atoms in total. The average molecular weight is 481 g/mol. The fourth-order valence-corrected chi connectivity index (χ4v) is 3.27. The first-order valence-electron chi connectivity index (χ1n) is 11.9. The van der Waals surface area contributed by atoms with E-state index in [1.807, 2.05) is 83.5 Å². The number of carbonyl (C=O) groups excluding carboxylic acids is 1. The highest BCUT2D eigenvalue weighted by Crippen LogP contribution is 2.29. The van der Waals surface area contributed by atoms with E-state index in [9.17, 15) is 4.79 Å². The highest BCUT2D eigenvalue weighted by Gasteiger charge is 2.15. The molecular weight excluding hydrogens is 440 g/mol. The highest BCUT2D eigenvalue weighted by atomic mass is 16.5. The summed E-state index contributed by atoms with van der Waals surface area (Å²) in [5, 5.41) is 5.76. The fourth-order valence-electron chi connectivity index (χ4n) is 3.27. The molecule has 1 heterocycles. The Hall–Kier alpha value is -3.58. The third kappa shape index (κ3) is 8.61. The lowest BCUT2D eigenvalue weighted by Gasteiger charge is -2.15. The third-order valence-electron chi connectivity index (χ3n) is 4.89. The Balaban J connectivity index is 0.00000114. The number of amides is 1. The van der Waals surface area contributed by atoms with E-state index in [0.717, 1.165) is 23.3 Å². The van der Waals surface area contributed by atoms with Crippen molar-refractivity contribution in [3.05, 3.63) is 83.5 Å². The Bertz CT molecular complexity index is 1110. The maximum absolute atomic E-state index is 12.9. The lowest BCUT2D eigenvalue weighted by Crippen LogP contribution is -2.20. The van der Waals surface area contributed by atoms with E-state index in [-0.39, 0.29) is 11.9 Å². The molecule has 3 rings (SSSR count). The summed E-state index contributed by atoms with van der Waals surface area (Å²) in [6.07, 6.45) is 2.01. The van der Waals surface area contributed by atoms with Gasteiger partial charge in [-0.2, -0.15) is 0 Å². The van der Waals surface area contributed by atoms with Crippen LogP contribution in [0, 0.1) is 0 Å². The summed E-state index contributed by atoms with van der Waals surface area (Å²) in [6.45, 7) is 8.94. The van der Waals surface area contributed by atoms with Gasteiger partial charge in [-0.05, 0) is 69.9 Å². The number of nitrogens with zero attached hydrogens (tertiary/aromatic N) is 2.